The molecule has 0 spiro atoms. The lowest BCUT2D eigenvalue weighted by atomic mass is 10.0. The van der Waals surface area contributed by atoms with E-state index < -0.39 is 0 Å². The minimum atomic E-state index is -0.00361. The Morgan fingerprint density at radius 3 is 2.39 bits per heavy atom. The first-order valence-electron chi connectivity index (χ1n) is 11.6. The molecule has 2 aliphatic heterocycles. The molecule has 0 atom stereocenters. The molecule has 2 amide bonds. The minimum absolute atomic E-state index is 0. The number of carbonyl (C=O) groups is 1. The molecule has 2 saturated heterocycles. The van der Waals surface area contributed by atoms with Gasteiger partial charge in [0.25, 0.3) is 0 Å². The second-order valence-electron chi connectivity index (χ2n) is 8.43. The van der Waals surface area contributed by atoms with Crippen molar-refractivity contribution in [3.8, 4) is 0 Å². The van der Waals surface area contributed by atoms with Gasteiger partial charge in [-0.1, -0.05) is 54.1 Å². The van der Waals surface area contributed by atoms with Crippen molar-refractivity contribution >= 4 is 47.7 Å². The van der Waals surface area contributed by atoms with Crippen LogP contribution in [-0.2, 0) is 6.54 Å². The zero-order valence-electron chi connectivity index (χ0n) is 19.3. The smallest absolute Gasteiger partial charge is 0.321 e. The maximum Gasteiger partial charge on any atom is 0.321 e. The van der Waals surface area contributed by atoms with E-state index >= 15 is 0 Å². The summed E-state index contributed by atoms with van der Waals surface area (Å²) in [7, 11) is 1.84. The van der Waals surface area contributed by atoms with Crippen LogP contribution >= 0.6 is 24.0 Å². The van der Waals surface area contributed by atoms with Crippen LogP contribution in [-0.4, -0.2) is 55.0 Å². The van der Waals surface area contributed by atoms with E-state index in [1.807, 2.05) is 30.1 Å². The number of rotatable bonds is 4. The molecule has 4 rings (SSSR count). The number of carbonyl (C=O) groups excluding carboxylic acids is 1. The summed E-state index contributed by atoms with van der Waals surface area (Å²) in [5.41, 5.74) is 4.72. The van der Waals surface area contributed by atoms with Gasteiger partial charge in [0.2, 0.25) is 0 Å². The third-order valence-electron chi connectivity index (χ3n) is 6.11. The van der Waals surface area contributed by atoms with Gasteiger partial charge in [0.15, 0.2) is 5.96 Å². The number of nitrogens with one attached hydrogen (secondary N) is 2. The van der Waals surface area contributed by atoms with Gasteiger partial charge < -0.3 is 20.4 Å². The van der Waals surface area contributed by atoms with Crippen LogP contribution in [0, 0.1) is 0 Å². The van der Waals surface area contributed by atoms with E-state index in [0.717, 1.165) is 69.1 Å². The van der Waals surface area contributed by atoms with Crippen LogP contribution in [0.5, 0.6) is 0 Å². The van der Waals surface area contributed by atoms with Gasteiger partial charge in [0.05, 0.1) is 0 Å². The predicted molar refractivity (Wildman–Crippen MR) is 147 cm³/mol. The van der Waals surface area contributed by atoms with Crippen LogP contribution in [0.25, 0.3) is 6.08 Å². The van der Waals surface area contributed by atoms with Crippen LogP contribution in [0.4, 0.5) is 10.5 Å². The number of amides is 2. The van der Waals surface area contributed by atoms with Gasteiger partial charge >= 0.3 is 6.03 Å². The first kappa shape index (κ1) is 25.1. The summed E-state index contributed by atoms with van der Waals surface area (Å²) in [5.74, 6) is 0.926. The van der Waals surface area contributed by atoms with E-state index in [9.17, 15) is 4.79 Å². The monoisotopic (exact) mass is 559 g/mol. The summed E-state index contributed by atoms with van der Waals surface area (Å²) in [6.45, 7) is 4.29. The largest absolute Gasteiger partial charge is 0.352 e. The van der Waals surface area contributed by atoms with E-state index in [2.05, 4.69) is 63.0 Å². The fourth-order valence-corrected chi connectivity index (χ4v) is 4.33. The molecule has 2 aliphatic rings. The van der Waals surface area contributed by atoms with E-state index in [1.54, 1.807) is 0 Å². The molecule has 2 aromatic carbocycles. The maximum absolute atomic E-state index is 12.4. The molecule has 6 nitrogen and oxygen atoms in total. The average molecular weight is 559 g/mol. The van der Waals surface area contributed by atoms with Gasteiger partial charge in [0.1, 0.15) is 0 Å². The molecule has 33 heavy (non-hydrogen) atoms. The molecular formula is C26H34IN5O. The van der Waals surface area contributed by atoms with E-state index in [1.165, 1.54) is 11.1 Å². The second-order valence-corrected chi connectivity index (χ2v) is 8.43. The molecule has 2 heterocycles. The van der Waals surface area contributed by atoms with Crippen molar-refractivity contribution in [1.29, 1.82) is 0 Å². The number of nitrogens with zero attached hydrogens (tertiary/aromatic N) is 3. The van der Waals surface area contributed by atoms with Crippen molar-refractivity contribution in [3.05, 3.63) is 71.3 Å². The maximum atomic E-state index is 12.4. The van der Waals surface area contributed by atoms with Gasteiger partial charge in [-0.3, -0.25) is 4.99 Å². The van der Waals surface area contributed by atoms with E-state index in [-0.39, 0.29) is 30.0 Å². The zero-order valence-corrected chi connectivity index (χ0v) is 21.6. The highest BCUT2D eigenvalue weighted by molar-refractivity contribution is 14.0. The normalized spacial score (nSPS) is 16.3. The second kappa shape index (κ2) is 12.6. The zero-order chi connectivity index (χ0) is 22.2. The van der Waals surface area contributed by atoms with Crippen LogP contribution in [0.2, 0.25) is 0 Å². The summed E-state index contributed by atoms with van der Waals surface area (Å²) in [6.07, 6.45) is 6.60. The fraction of sp³-hybridized carbons (Fsp3) is 0.385. The third-order valence-corrected chi connectivity index (χ3v) is 6.11. The molecule has 0 unspecified atom stereocenters. The van der Waals surface area contributed by atoms with Crippen LogP contribution in [0.15, 0.2) is 65.2 Å². The van der Waals surface area contributed by atoms with Crippen LogP contribution in [0.1, 0.15) is 36.8 Å². The van der Waals surface area contributed by atoms with Crippen molar-refractivity contribution in [2.45, 2.75) is 32.2 Å². The molecule has 176 valence electrons. The number of hydrogen-bond donors (Lipinski definition) is 2. The first-order chi connectivity index (χ1) is 15.7. The Labute approximate surface area is 214 Å². The Morgan fingerprint density at radius 1 is 0.970 bits per heavy atom. The number of halogens is 1. The summed E-state index contributed by atoms with van der Waals surface area (Å²) in [6, 6.07) is 18.6. The summed E-state index contributed by atoms with van der Waals surface area (Å²) >= 11 is 0. The summed E-state index contributed by atoms with van der Waals surface area (Å²) in [5, 5.41) is 6.52. The molecule has 0 saturated carbocycles. The highest BCUT2D eigenvalue weighted by Crippen LogP contribution is 2.20. The van der Waals surface area contributed by atoms with Crippen molar-refractivity contribution in [1.82, 2.24) is 15.1 Å². The molecule has 2 N–H and O–H groups in total. The molecule has 0 aromatic heterocycles. The van der Waals surface area contributed by atoms with Gasteiger partial charge in [0, 0.05) is 45.5 Å². The van der Waals surface area contributed by atoms with Crippen molar-refractivity contribution < 1.29 is 4.79 Å². The van der Waals surface area contributed by atoms with Gasteiger partial charge in [-0.15, -0.1) is 24.0 Å². The predicted octanol–water partition coefficient (Wildman–Crippen LogP) is 5.19. The number of anilines is 1. The molecule has 0 aliphatic carbocycles. The summed E-state index contributed by atoms with van der Waals surface area (Å²) < 4.78 is 0. The van der Waals surface area contributed by atoms with Crippen LogP contribution < -0.4 is 10.6 Å². The fourth-order valence-electron chi connectivity index (χ4n) is 4.33. The number of piperidine rings is 1. The standard InChI is InChI=1S/C26H33N5O.HI/c1-27-25(30-16-12-22(13-17-30)18-21-8-3-2-4-9-21)28-20-23-10-7-11-24(19-23)29-26(32)31-14-5-6-15-31;/h2-4,7-11,18-19H,5-6,12-17,20H2,1H3,(H,27,28)(H,29,32);1H. The lowest BCUT2D eigenvalue weighted by Gasteiger charge is -2.31. The molecule has 2 fully saturated rings. The number of aliphatic imine (C=N–C) groups is 1. The van der Waals surface area contributed by atoms with Gasteiger partial charge in [-0.05, 0) is 48.9 Å². The van der Waals surface area contributed by atoms with Crippen LogP contribution in [0.3, 0.4) is 0 Å². The SMILES string of the molecule is CN=C(NCc1cccc(NC(=O)N2CCCC2)c1)N1CCC(=Cc2ccccc2)CC1.I. The minimum Gasteiger partial charge on any atom is -0.352 e. The topological polar surface area (TPSA) is 60.0 Å². The highest BCUT2D eigenvalue weighted by atomic mass is 127. The lowest BCUT2D eigenvalue weighted by molar-refractivity contribution is 0.222. The van der Waals surface area contributed by atoms with Gasteiger partial charge in [-0.25, -0.2) is 4.79 Å². The Hall–Kier alpha value is -2.55. The molecule has 2 aromatic rings. The Bertz CT molecular complexity index is 960. The molecule has 0 bridgehead atoms. The molecule has 0 radical (unpaired) electrons. The van der Waals surface area contributed by atoms with Crippen molar-refractivity contribution in [3.63, 3.8) is 0 Å². The molecular weight excluding hydrogens is 525 g/mol. The average Bonchev–Trinajstić information content (AvgIpc) is 3.37. The number of hydrogen-bond acceptors (Lipinski definition) is 2. The van der Waals surface area contributed by atoms with Gasteiger partial charge in [-0.2, -0.15) is 0 Å². The van der Waals surface area contributed by atoms with E-state index in [4.69, 9.17) is 0 Å². The Balaban J connectivity index is 0.00000306. The lowest BCUT2D eigenvalue weighted by Crippen LogP contribution is -2.44. The Kier molecular flexibility index (Phi) is 9.60. The quantitative estimate of drug-likeness (QED) is 0.308. The number of likely N-dealkylation sites (tertiary alicyclic amines) is 2. The highest BCUT2D eigenvalue weighted by Gasteiger charge is 2.19. The van der Waals surface area contributed by atoms with Crippen molar-refractivity contribution in [2.24, 2.45) is 4.99 Å². The van der Waals surface area contributed by atoms with E-state index in [0.29, 0.717) is 6.54 Å². The molecule has 7 heteroatoms. The summed E-state index contributed by atoms with van der Waals surface area (Å²) in [4.78, 5) is 21.0. The number of urea groups is 1. The number of guanidine groups is 1. The first-order valence-corrected chi connectivity index (χ1v) is 11.6. The number of benzene rings is 2. The third kappa shape index (κ3) is 7.22. The Morgan fingerprint density at radius 2 is 1.70 bits per heavy atom. The van der Waals surface area contributed by atoms with Crippen molar-refractivity contribution in [2.75, 3.05) is 38.5 Å².